The number of nitrogens with one attached hydrogen (secondary N) is 2. The Morgan fingerprint density at radius 3 is 2.83 bits per heavy atom. The number of rotatable bonds is 5. The van der Waals surface area contributed by atoms with Crippen LogP contribution in [-0.2, 0) is 29.0 Å². The first-order valence-corrected chi connectivity index (χ1v) is 10.2. The number of aromatic amines is 1. The van der Waals surface area contributed by atoms with Gasteiger partial charge in [0.15, 0.2) is 11.5 Å². The molecule has 0 radical (unpaired) electrons. The maximum Gasteiger partial charge on any atom is 0.272 e. The van der Waals surface area contributed by atoms with Crippen molar-refractivity contribution in [2.75, 3.05) is 19.8 Å². The van der Waals surface area contributed by atoms with Gasteiger partial charge in [0.1, 0.15) is 0 Å². The molecule has 1 saturated carbocycles. The lowest BCUT2D eigenvalue weighted by molar-refractivity contribution is -0.139. The van der Waals surface area contributed by atoms with Crippen molar-refractivity contribution in [3.63, 3.8) is 0 Å². The van der Waals surface area contributed by atoms with Gasteiger partial charge in [0, 0.05) is 37.2 Å². The number of amides is 2. The van der Waals surface area contributed by atoms with E-state index < -0.39 is 0 Å². The molecule has 0 atom stereocenters. The topological polar surface area (TPSA) is 126 Å². The van der Waals surface area contributed by atoms with Gasteiger partial charge in [-0.1, -0.05) is 5.16 Å². The maximum absolute atomic E-state index is 12.8. The summed E-state index contributed by atoms with van der Waals surface area (Å²) >= 11 is 0. The molecule has 10 nitrogen and oxygen atoms in total. The summed E-state index contributed by atoms with van der Waals surface area (Å²) in [7, 11) is 0. The van der Waals surface area contributed by atoms with Crippen molar-refractivity contribution in [2.45, 2.75) is 51.1 Å². The van der Waals surface area contributed by atoms with Crippen LogP contribution in [0.4, 0.5) is 0 Å². The molecule has 0 unspecified atom stereocenters. The molecule has 2 amide bonds. The number of nitrogens with zero attached hydrogens (tertiary/aromatic N) is 4. The molecule has 0 bridgehead atoms. The Labute approximate surface area is 167 Å². The molecule has 1 aliphatic carbocycles. The molecule has 10 heteroatoms. The largest absolute Gasteiger partial charge is 0.381 e. The molecule has 3 aliphatic rings. The van der Waals surface area contributed by atoms with Gasteiger partial charge in [-0.3, -0.25) is 14.7 Å². The van der Waals surface area contributed by atoms with E-state index in [0.717, 1.165) is 36.9 Å². The first-order chi connectivity index (χ1) is 14.2. The second kappa shape index (κ2) is 7.58. The molecule has 2 aliphatic heterocycles. The predicted octanol–water partition coefficient (Wildman–Crippen LogP) is 0.911. The molecule has 5 rings (SSSR count). The summed E-state index contributed by atoms with van der Waals surface area (Å²) < 4.78 is 10.6. The molecule has 1 saturated heterocycles. The highest BCUT2D eigenvalue weighted by Gasteiger charge is 2.32. The minimum Gasteiger partial charge on any atom is -0.381 e. The van der Waals surface area contributed by atoms with Crippen molar-refractivity contribution in [1.29, 1.82) is 0 Å². The van der Waals surface area contributed by atoms with Crippen molar-refractivity contribution in [3.05, 3.63) is 28.7 Å². The van der Waals surface area contributed by atoms with Crippen LogP contribution in [0.2, 0.25) is 0 Å². The number of hydrogen-bond acceptors (Lipinski definition) is 7. The van der Waals surface area contributed by atoms with Gasteiger partial charge in [-0.15, -0.1) is 0 Å². The smallest absolute Gasteiger partial charge is 0.272 e. The number of carbonyl (C=O) groups excluding carboxylic acids is 2. The first kappa shape index (κ1) is 18.3. The number of H-pyrrole nitrogens is 1. The van der Waals surface area contributed by atoms with Gasteiger partial charge in [-0.25, -0.2) is 0 Å². The lowest BCUT2D eigenvalue weighted by Crippen LogP contribution is -2.41. The van der Waals surface area contributed by atoms with E-state index in [-0.39, 0.29) is 24.3 Å². The molecule has 29 heavy (non-hydrogen) atoms. The highest BCUT2D eigenvalue weighted by Crippen LogP contribution is 2.38. The Balaban J connectivity index is 1.20. The third-order valence-electron chi connectivity index (χ3n) is 5.85. The third-order valence-corrected chi connectivity index (χ3v) is 5.85. The van der Waals surface area contributed by atoms with Gasteiger partial charge in [0.25, 0.3) is 5.91 Å². The average Bonchev–Trinajstić information content (AvgIpc) is 3.35. The van der Waals surface area contributed by atoms with Crippen molar-refractivity contribution < 1.29 is 18.8 Å². The van der Waals surface area contributed by atoms with E-state index >= 15 is 0 Å². The Morgan fingerprint density at radius 2 is 2.03 bits per heavy atom. The summed E-state index contributed by atoms with van der Waals surface area (Å²) in [5.41, 5.74) is 2.09. The van der Waals surface area contributed by atoms with Crippen molar-refractivity contribution in [1.82, 2.24) is 30.6 Å². The SMILES string of the molecule is O=C(NCc1noc(C2CC2)n1)c1n[nH]c2c1CCN(C(=O)C1CCOCC1)C2. The summed E-state index contributed by atoms with van der Waals surface area (Å²) in [6.07, 6.45) is 4.33. The molecule has 0 spiro atoms. The van der Waals surface area contributed by atoms with Gasteiger partial charge >= 0.3 is 0 Å². The van der Waals surface area contributed by atoms with E-state index in [0.29, 0.717) is 56.1 Å². The highest BCUT2D eigenvalue weighted by molar-refractivity contribution is 5.94. The number of hydrogen-bond donors (Lipinski definition) is 2. The summed E-state index contributed by atoms with van der Waals surface area (Å²) in [6.45, 7) is 2.55. The summed E-state index contributed by atoms with van der Waals surface area (Å²) in [5, 5.41) is 13.9. The van der Waals surface area contributed by atoms with E-state index in [1.54, 1.807) is 0 Å². The Kier molecular flexibility index (Phi) is 4.78. The second-order valence-electron chi connectivity index (χ2n) is 7.93. The predicted molar refractivity (Wildman–Crippen MR) is 98.7 cm³/mol. The van der Waals surface area contributed by atoms with Crippen LogP contribution in [-0.4, -0.2) is 56.8 Å². The quantitative estimate of drug-likeness (QED) is 0.764. The van der Waals surface area contributed by atoms with Crippen LogP contribution in [0.1, 0.15) is 65.1 Å². The van der Waals surface area contributed by atoms with E-state index in [1.807, 2.05) is 4.90 Å². The summed E-state index contributed by atoms with van der Waals surface area (Å²) in [6, 6.07) is 0. The fourth-order valence-electron chi connectivity index (χ4n) is 3.98. The summed E-state index contributed by atoms with van der Waals surface area (Å²) in [4.78, 5) is 31.5. The number of aromatic nitrogens is 4. The van der Waals surface area contributed by atoms with Crippen molar-refractivity contribution in [2.24, 2.45) is 5.92 Å². The molecule has 2 aromatic heterocycles. The average molecular weight is 400 g/mol. The molecule has 154 valence electrons. The first-order valence-electron chi connectivity index (χ1n) is 10.2. The van der Waals surface area contributed by atoms with Gasteiger partial charge in [0.2, 0.25) is 11.8 Å². The monoisotopic (exact) mass is 400 g/mol. The van der Waals surface area contributed by atoms with Crippen LogP contribution in [0.3, 0.4) is 0 Å². The molecule has 2 fully saturated rings. The maximum atomic E-state index is 12.8. The van der Waals surface area contributed by atoms with Crippen LogP contribution in [0.25, 0.3) is 0 Å². The molecular weight excluding hydrogens is 376 g/mol. The van der Waals surface area contributed by atoms with Crippen molar-refractivity contribution >= 4 is 11.8 Å². The van der Waals surface area contributed by atoms with Crippen LogP contribution in [0.5, 0.6) is 0 Å². The number of fused-ring (bicyclic) bond motifs is 1. The zero-order valence-electron chi connectivity index (χ0n) is 16.1. The minimum atomic E-state index is -0.274. The lowest BCUT2D eigenvalue weighted by atomic mass is 9.96. The Bertz CT molecular complexity index is 912. The Morgan fingerprint density at radius 1 is 1.21 bits per heavy atom. The summed E-state index contributed by atoms with van der Waals surface area (Å²) in [5.74, 6) is 1.44. The van der Waals surface area contributed by atoms with Gasteiger partial charge in [-0.2, -0.15) is 10.1 Å². The molecular formula is C19H24N6O4. The highest BCUT2D eigenvalue weighted by atomic mass is 16.5. The van der Waals surface area contributed by atoms with E-state index in [9.17, 15) is 9.59 Å². The second-order valence-corrected chi connectivity index (χ2v) is 7.93. The van der Waals surface area contributed by atoms with E-state index in [1.165, 1.54) is 0 Å². The molecule has 0 aromatic carbocycles. The normalized spacial score (nSPS) is 19.8. The van der Waals surface area contributed by atoms with Gasteiger partial charge in [0.05, 0.1) is 18.8 Å². The standard InChI is InChI=1S/C19H24N6O4/c26-17(20-9-15-21-18(29-24-15)11-1-2-11)16-13-3-6-25(10-14(13)22-23-16)19(27)12-4-7-28-8-5-12/h11-12H,1-10H2,(H,20,26)(H,22,23). The number of ether oxygens (including phenoxy) is 1. The molecule has 4 heterocycles. The van der Waals surface area contributed by atoms with Crippen LogP contribution in [0, 0.1) is 5.92 Å². The zero-order valence-corrected chi connectivity index (χ0v) is 16.1. The Hall–Kier alpha value is -2.75. The van der Waals surface area contributed by atoms with Crippen molar-refractivity contribution in [3.8, 4) is 0 Å². The van der Waals surface area contributed by atoms with E-state index in [4.69, 9.17) is 9.26 Å². The lowest BCUT2D eigenvalue weighted by Gasteiger charge is -2.31. The van der Waals surface area contributed by atoms with Crippen LogP contribution in [0.15, 0.2) is 4.52 Å². The third kappa shape index (κ3) is 3.76. The molecule has 2 N–H and O–H groups in total. The number of carbonyl (C=O) groups is 2. The fraction of sp³-hybridized carbons (Fsp3) is 0.632. The zero-order chi connectivity index (χ0) is 19.8. The van der Waals surface area contributed by atoms with Crippen LogP contribution >= 0.6 is 0 Å². The van der Waals surface area contributed by atoms with Crippen LogP contribution < -0.4 is 5.32 Å². The molecule has 2 aromatic rings. The minimum absolute atomic E-state index is 0.0338. The fourth-order valence-corrected chi connectivity index (χ4v) is 3.98. The van der Waals surface area contributed by atoms with Gasteiger partial charge in [-0.05, 0) is 32.1 Å². The van der Waals surface area contributed by atoms with Gasteiger partial charge < -0.3 is 19.5 Å². The van der Waals surface area contributed by atoms with E-state index in [2.05, 4.69) is 25.7 Å².